The van der Waals surface area contributed by atoms with Gasteiger partial charge in [-0.25, -0.2) is 4.68 Å². The molecule has 2 aromatic heterocycles. The van der Waals surface area contributed by atoms with Crippen LogP contribution >= 0.6 is 0 Å². The van der Waals surface area contributed by atoms with Gasteiger partial charge in [-0.05, 0) is 50.6 Å². The van der Waals surface area contributed by atoms with E-state index in [0.717, 1.165) is 43.5 Å². The Morgan fingerprint density at radius 2 is 2.17 bits per heavy atom. The van der Waals surface area contributed by atoms with Crippen molar-refractivity contribution in [3.8, 4) is 0 Å². The highest BCUT2D eigenvalue weighted by Crippen LogP contribution is 2.21. The highest BCUT2D eigenvalue weighted by molar-refractivity contribution is 5.20. The van der Waals surface area contributed by atoms with E-state index in [1.54, 1.807) is 10.7 Å². The van der Waals surface area contributed by atoms with Crippen molar-refractivity contribution in [2.45, 2.75) is 57.7 Å². The number of rotatable bonds is 4. The monoisotopic (exact) mass is 315 g/mol. The highest BCUT2D eigenvalue weighted by atomic mass is 16.4. The van der Waals surface area contributed by atoms with Crippen LogP contribution in [0.3, 0.4) is 0 Å². The summed E-state index contributed by atoms with van der Waals surface area (Å²) in [6.07, 6.45) is 7.87. The summed E-state index contributed by atoms with van der Waals surface area (Å²) in [6, 6.07) is 2.09. The van der Waals surface area contributed by atoms with Gasteiger partial charge in [-0.3, -0.25) is 9.69 Å². The zero-order valence-corrected chi connectivity index (χ0v) is 13.1. The number of fused-ring (bicyclic) bond motifs is 1. The summed E-state index contributed by atoms with van der Waals surface area (Å²) in [5, 5.41) is 12.3. The number of hydrogen-bond donors (Lipinski definition) is 0. The summed E-state index contributed by atoms with van der Waals surface area (Å²) in [7, 11) is 0. The molecule has 1 aliphatic carbocycles. The van der Waals surface area contributed by atoms with Crippen molar-refractivity contribution in [3.05, 3.63) is 40.0 Å². The van der Waals surface area contributed by atoms with E-state index in [2.05, 4.69) is 20.2 Å². The molecule has 1 saturated heterocycles. The van der Waals surface area contributed by atoms with Gasteiger partial charge in [0.15, 0.2) is 0 Å². The topological polar surface area (TPSA) is 77.1 Å². The van der Waals surface area contributed by atoms with Crippen molar-refractivity contribution in [1.82, 2.24) is 24.9 Å². The van der Waals surface area contributed by atoms with E-state index in [9.17, 15) is 4.79 Å². The molecule has 0 saturated carbocycles. The second-order valence-electron chi connectivity index (χ2n) is 6.44. The number of aryl methyl sites for hydroxylation is 2. The fourth-order valence-electron chi connectivity index (χ4n) is 3.68. The van der Waals surface area contributed by atoms with Crippen molar-refractivity contribution < 1.29 is 4.42 Å². The Hall–Kier alpha value is -2.02. The van der Waals surface area contributed by atoms with Crippen LogP contribution in [0.4, 0.5) is 0 Å². The fourth-order valence-corrected chi connectivity index (χ4v) is 3.68. The zero-order chi connectivity index (χ0) is 15.6. The molecule has 1 atom stereocenters. The van der Waals surface area contributed by atoms with Gasteiger partial charge in [0.2, 0.25) is 12.3 Å². The standard InChI is InChI=1S/C16H21N5O2/c22-16-8-12-4-1-2-6-14(12)19-21(16)9-13-5-3-7-20(13)10-15-18-17-11-23-15/h8,11,13H,1-7,9-10H2. The Morgan fingerprint density at radius 3 is 3.04 bits per heavy atom. The number of aromatic nitrogens is 4. The van der Waals surface area contributed by atoms with E-state index >= 15 is 0 Å². The SMILES string of the molecule is O=c1cc2c(nn1CC1CCCN1Cc1nnco1)CCCC2. The molecule has 0 N–H and O–H groups in total. The van der Waals surface area contributed by atoms with Gasteiger partial charge in [0.05, 0.1) is 18.8 Å². The molecule has 23 heavy (non-hydrogen) atoms. The molecule has 1 unspecified atom stereocenters. The van der Waals surface area contributed by atoms with Crippen LogP contribution in [0.1, 0.15) is 42.8 Å². The van der Waals surface area contributed by atoms with Gasteiger partial charge in [0.1, 0.15) is 0 Å². The highest BCUT2D eigenvalue weighted by Gasteiger charge is 2.27. The van der Waals surface area contributed by atoms with Crippen molar-refractivity contribution in [2.75, 3.05) is 6.54 Å². The molecule has 0 spiro atoms. The predicted molar refractivity (Wildman–Crippen MR) is 82.9 cm³/mol. The first-order valence-electron chi connectivity index (χ1n) is 8.38. The summed E-state index contributed by atoms with van der Waals surface area (Å²) in [5.41, 5.74) is 2.28. The van der Waals surface area contributed by atoms with Crippen LogP contribution in [0.15, 0.2) is 21.7 Å². The summed E-state index contributed by atoms with van der Waals surface area (Å²) in [6.45, 7) is 2.28. The van der Waals surface area contributed by atoms with Gasteiger partial charge in [-0.1, -0.05) is 0 Å². The van der Waals surface area contributed by atoms with Crippen molar-refractivity contribution in [3.63, 3.8) is 0 Å². The molecule has 2 aromatic rings. The zero-order valence-electron chi connectivity index (χ0n) is 13.1. The van der Waals surface area contributed by atoms with Gasteiger partial charge >= 0.3 is 0 Å². The average molecular weight is 315 g/mol. The molecule has 1 aliphatic heterocycles. The molecule has 4 rings (SSSR count). The smallest absolute Gasteiger partial charge is 0.267 e. The Morgan fingerprint density at radius 1 is 1.26 bits per heavy atom. The summed E-state index contributed by atoms with van der Waals surface area (Å²) >= 11 is 0. The third-order valence-corrected chi connectivity index (χ3v) is 4.90. The van der Waals surface area contributed by atoms with Gasteiger partial charge in [-0.15, -0.1) is 10.2 Å². The second kappa shape index (κ2) is 6.23. The first-order chi connectivity index (χ1) is 11.3. The van der Waals surface area contributed by atoms with E-state index < -0.39 is 0 Å². The van der Waals surface area contributed by atoms with E-state index in [0.29, 0.717) is 25.0 Å². The van der Waals surface area contributed by atoms with Crippen LogP contribution in [0.5, 0.6) is 0 Å². The number of likely N-dealkylation sites (tertiary alicyclic amines) is 1. The van der Waals surface area contributed by atoms with E-state index in [1.807, 2.05) is 0 Å². The molecule has 3 heterocycles. The van der Waals surface area contributed by atoms with Crippen LogP contribution in [0.25, 0.3) is 0 Å². The van der Waals surface area contributed by atoms with Crippen LogP contribution in [0, 0.1) is 0 Å². The third-order valence-electron chi connectivity index (χ3n) is 4.90. The van der Waals surface area contributed by atoms with Crippen molar-refractivity contribution in [2.24, 2.45) is 0 Å². The summed E-state index contributed by atoms with van der Waals surface area (Å²) < 4.78 is 6.90. The fraction of sp³-hybridized carbons (Fsp3) is 0.625. The predicted octanol–water partition coefficient (Wildman–Crippen LogP) is 1.17. The Balaban J connectivity index is 1.51. The molecule has 0 radical (unpaired) electrons. The largest absolute Gasteiger partial charge is 0.427 e. The van der Waals surface area contributed by atoms with Gasteiger partial charge in [-0.2, -0.15) is 5.10 Å². The molecule has 1 fully saturated rings. The van der Waals surface area contributed by atoms with E-state index in [1.165, 1.54) is 19.2 Å². The maximum atomic E-state index is 12.3. The quantitative estimate of drug-likeness (QED) is 0.843. The molecule has 7 nitrogen and oxygen atoms in total. The van der Waals surface area contributed by atoms with Crippen LogP contribution in [0.2, 0.25) is 0 Å². The first-order valence-corrected chi connectivity index (χ1v) is 8.38. The minimum Gasteiger partial charge on any atom is -0.427 e. The van der Waals surface area contributed by atoms with Crippen LogP contribution < -0.4 is 5.56 Å². The van der Waals surface area contributed by atoms with Gasteiger partial charge in [0, 0.05) is 12.1 Å². The molecule has 2 aliphatic rings. The molecule has 0 aromatic carbocycles. The molecular formula is C16H21N5O2. The lowest BCUT2D eigenvalue weighted by Gasteiger charge is -2.24. The second-order valence-corrected chi connectivity index (χ2v) is 6.44. The minimum atomic E-state index is 0.0234. The van der Waals surface area contributed by atoms with Crippen LogP contribution in [-0.2, 0) is 25.9 Å². The van der Waals surface area contributed by atoms with Crippen molar-refractivity contribution in [1.29, 1.82) is 0 Å². The van der Waals surface area contributed by atoms with Crippen molar-refractivity contribution >= 4 is 0 Å². The Bertz CT molecular complexity index is 725. The summed E-state index contributed by atoms with van der Waals surface area (Å²) in [4.78, 5) is 14.7. The molecule has 0 amide bonds. The minimum absolute atomic E-state index is 0.0234. The maximum Gasteiger partial charge on any atom is 0.267 e. The average Bonchev–Trinajstić information content (AvgIpc) is 3.21. The Kier molecular flexibility index (Phi) is 3.95. The third kappa shape index (κ3) is 3.06. The maximum absolute atomic E-state index is 12.3. The molecule has 7 heteroatoms. The Labute approximate surface area is 134 Å². The summed E-state index contributed by atoms with van der Waals surface area (Å²) in [5.74, 6) is 0.627. The molecule has 0 bridgehead atoms. The first kappa shape index (κ1) is 14.6. The lowest BCUT2D eigenvalue weighted by molar-refractivity contribution is 0.197. The lowest BCUT2D eigenvalue weighted by atomic mass is 9.97. The molecule has 122 valence electrons. The molecular weight excluding hydrogens is 294 g/mol. The van der Waals surface area contributed by atoms with E-state index in [4.69, 9.17) is 4.42 Å². The van der Waals surface area contributed by atoms with Gasteiger partial charge in [0.25, 0.3) is 5.56 Å². The normalized spacial score (nSPS) is 21.5. The van der Waals surface area contributed by atoms with Crippen LogP contribution in [-0.4, -0.2) is 37.5 Å². The number of nitrogens with zero attached hydrogens (tertiary/aromatic N) is 5. The number of hydrogen-bond acceptors (Lipinski definition) is 6. The lowest BCUT2D eigenvalue weighted by Crippen LogP contribution is -2.37. The van der Waals surface area contributed by atoms with Gasteiger partial charge < -0.3 is 4.42 Å². The van der Waals surface area contributed by atoms with E-state index in [-0.39, 0.29) is 5.56 Å².